The quantitative estimate of drug-likeness (QED) is 0.409. The Morgan fingerprint density at radius 3 is 2.86 bits per heavy atom. The van der Waals surface area contributed by atoms with Crippen LogP contribution in [0.25, 0.3) is 16.8 Å². The molecule has 1 unspecified atom stereocenters. The molecule has 10 heteroatoms. The fourth-order valence-corrected chi connectivity index (χ4v) is 4.95. The third kappa shape index (κ3) is 5.23. The largest absolute Gasteiger partial charge is 0.381 e. The van der Waals surface area contributed by atoms with Crippen LogP contribution >= 0.6 is 11.3 Å². The van der Waals surface area contributed by atoms with Crippen molar-refractivity contribution in [2.24, 2.45) is 0 Å². The molecule has 1 saturated heterocycles. The maximum absolute atomic E-state index is 12.9. The second kappa shape index (κ2) is 10.3. The van der Waals surface area contributed by atoms with E-state index in [2.05, 4.69) is 25.8 Å². The number of amides is 2. The van der Waals surface area contributed by atoms with Gasteiger partial charge in [0.15, 0.2) is 5.65 Å². The lowest BCUT2D eigenvalue weighted by Gasteiger charge is -2.22. The van der Waals surface area contributed by atoms with Crippen molar-refractivity contribution in [3.05, 3.63) is 70.6 Å². The minimum Gasteiger partial charge on any atom is -0.381 e. The highest BCUT2D eigenvalue weighted by molar-refractivity contribution is 7.12. The zero-order valence-corrected chi connectivity index (χ0v) is 20.1. The summed E-state index contributed by atoms with van der Waals surface area (Å²) in [6.45, 7) is 3.39. The van der Waals surface area contributed by atoms with Crippen molar-refractivity contribution in [3.8, 4) is 11.1 Å². The van der Waals surface area contributed by atoms with Gasteiger partial charge in [-0.1, -0.05) is 6.92 Å². The van der Waals surface area contributed by atoms with Crippen molar-refractivity contribution in [2.75, 3.05) is 13.2 Å². The topological polar surface area (TPSA) is 111 Å². The molecule has 35 heavy (non-hydrogen) atoms. The van der Waals surface area contributed by atoms with Crippen LogP contribution in [0.1, 0.15) is 57.8 Å². The number of aromatic nitrogens is 4. The van der Waals surface area contributed by atoms with Gasteiger partial charge >= 0.3 is 0 Å². The van der Waals surface area contributed by atoms with Crippen LogP contribution in [0.15, 0.2) is 54.6 Å². The van der Waals surface area contributed by atoms with E-state index in [1.54, 1.807) is 41.5 Å². The molecule has 0 spiro atoms. The number of ether oxygens (including phenoxy) is 1. The predicted molar refractivity (Wildman–Crippen MR) is 132 cm³/mol. The Hall–Kier alpha value is -3.63. The highest BCUT2D eigenvalue weighted by Gasteiger charge is 2.19. The molecule has 0 aliphatic carbocycles. The first-order valence-corrected chi connectivity index (χ1v) is 12.5. The van der Waals surface area contributed by atoms with Crippen molar-refractivity contribution in [3.63, 3.8) is 0 Å². The summed E-state index contributed by atoms with van der Waals surface area (Å²) < 4.78 is 7.08. The lowest BCUT2D eigenvalue weighted by atomic mass is 10.0. The number of pyridine rings is 2. The van der Waals surface area contributed by atoms with Crippen molar-refractivity contribution in [1.82, 2.24) is 30.2 Å². The monoisotopic (exact) mass is 490 g/mol. The van der Waals surface area contributed by atoms with E-state index >= 15 is 0 Å². The summed E-state index contributed by atoms with van der Waals surface area (Å²) >= 11 is 1.42. The molecule has 180 valence electrons. The number of fused-ring (bicyclic) bond motifs is 1. The predicted octanol–water partition coefficient (Wildman–Crippen LogP) is 3.64. The highest BCUT2D eigenvalue weighted by atomic mass is 32.1. The van der Waals surface area contributed by atoms with Crippen LogP contribution in [-0.2, 0) is 4.74 Å². The van der Waals surface area contributed by atoms with Crippen LogP contribution in [0.5, 0.6) is 0 Å². The van der Waals surface area contributed by atoms with Gasteiger partial charge in [0.1, 0.15) is 6.33 Å². The smallest absolute Gasteiger partial charge is 0.261 e. The van der Waals surface area contributed by atoms with E-state index in [4.69, 9.17) is 4.74 Å². The Balaban J connectivity index is 1.29. The molecule has 9 nitrogen and oxygen atoms in total. The van der Waals surface area contributed by atoms with Gasteiger partial charge in [0.05, 0.1) is 16.5 Å². The Labute approximate surface area is 206 Å². The second-order valence-corrected chi connectivity index (χ2v) is 9.43. The summed E-state index contributed by atoms with van der Waals surface area (Å²) in [5, 5.41) is 16.0. The molecule has 0 saturated carbocycles. The molecule has 2 amide bonds. The molecule has 1 fully saturated rings. The van der Waals surface area contributed by atoms with Crippen LogP contribution < -0.4 is 10.6 Å². The standard InChI is InChI=1S/C25H26N6O3S/c1-2-21(29-24(32)16-3-4-23-30-27-15-31(23)13-16)18-9-17(11-26-12-18)19-10-22(35-14-19)25(33)28-20-5-7-34-8-6-20/h3-4,9-15,20-21H,2,5-8H2,1H3,(H,28,33)(H,29,32). The first-order chi connectivity index (χ1) is 17.1. The Kier molecular flexibility index (Phi) is 6.82. The first-order valence-electron chi connectivity index (χ1n) is 11.6. The van der Waals surface area contributed by atoms with Crippen molar-refractivity contribution in [2.45, 2.75) is 38.3 Å². The molecule has 0 aromatic carbocycles. The highest BCUT2D eigenvalue weighted by Crippen LogP contribution is 2.28. The number of carbonyl (C=O) groups excluding carboxylic acids is 2. The average Bonchev–Trinajstić information content (AvgIpc) is 3.57. The van der Waals surface area contributed by atoms with Crippen LogP contribution in [0.2, 0.25) is 0 Å². The fourth-order valence-electron chi connectivity index (χ4n) is 4.14. The molecule has 0 radical (unpaired) electrons. The normalized spacial score (nSPS) is 15.1. The van der Waals surface area contributed by atoms with Gasteiger partial charge < -0.3 is 15.4 Å². The summed E-state index contributed by atoms with van der Waals surface area (Å²) in [7, 11) is 0. The van der Waals surface area contributed by atoms with Gasteiger partial charge in [0, 0.05) is 43.4 Å². The van der Waals surface area contributed by atoms with Crippen molar-refractivity contribution < 1.29 is 14.3 Å². The maximum atomic E-state index is 12.9. The Morgan fingerprint density at radius 1 is 1.17 bits per heavy atom. The van der Waals surface area contributed by atoms with Crippen LogP contribution in [-0.4, -0.2) is 50.7 Å². The molecule has 5 rings (SSSR count). The summed E-state index contributed by atoms with van der Waals surface area (Å²) in [4.78, 5) is 30.7. The van der Waals surface area contributed by atoms with Gasteiger partial charge in [-0.15, -0.1) is 21.5 Å². The van der Waals surface area contributed by atoms with E-state index in [-0.39, 0.29) is 23.9 Å². The zero-order valence-electron chi connectivity index (χ0n) is 19.3. The van der Waals surface area contributed by atoms with Gasteiger partial charge in [-0.05, 0) is 60.0 Å². The molecule has 1 aliphatic rings. The minimum absolute atomic E-state index is 0.0546. The summed E-state index contributed by atoms with van der Waals surface area (Å²) in [6, 6.07) is 7.37. The molecule has 4 aromatic heterocycles. The molecule has 4 aromatic rings. The molecule has 1 atom stereocenters. The molecule has 1 aliphatic heterocycles. The molecule has 5 heterocycles. The van der Waals surface area contributed by atoms with Gasteiger partial charge in [-0.2, -0.15) is 0 Å². The summed E-state index contributed by atoms with van der Waals surface area (Å²) in [5.41, 5.74) is 3.95. The van der Waals surface area contributed by atoms with Crippen molar-refractivity contribution >= 4 is 28.8 Å². The van der Waals surface area contributed by atoms with Crippen LogP contribution in [0, 0.1) is 0 Å². The van der Waals surface area contributed by atoms with Crippen molar-refractivity contribution in [1.29, 1.82) is 0 Å². The summed E-state index contributed by atoms with van der Waals surface area (Å²) in [5.74, 6) is -0.235. The number of nitrogens with zero attached hydrogens (tertiary/aromatic N) is 4. The minimum atomic E-state index is -0.207. The molecular formula is C25H26N6O3S. The fraction of sp³-hybridized carbons (Fsp3) is 0.320. The van der Waals surface area contributed by atoms with Gasteiger partial charge in [0.2, 0.25) is 0 Å². The Bertz CT molecular complexity index is 1340. The van der Waals surface area contributed by atoms with E-state index in [0.29, 0.717) is 35.7 Å². The van der Waals surface area contributed by atoms with E-state index in [0.717, 1.165) is 29.5 Å². The van der Waals surface area contributed by atoms with Gasteiger partial charge in [-0.25, -0.2) is 0 Å². The molecule has 0 bridgehead atoms. The number of thiophene rings is 1. The van der Waals surface area contributed by atoms with E-state index in [1.807, 2.05) is 24.4 Å². The SMILES string of the molecule is CCC(NC(=O)c1ccc2nncn2c1)c1cncc(-c2csc(C(=O)NC3CCOCC3)c2)c1. The average molecular weight is 491 g/mol. The number of hydrogen-bond donors (Lipinski definition) is 2. The number of hydrogen-bond acceptors (Lipinski definition) is 7. The lowest BCUT2D eigenvalue weighted by Crippen LogP contribution is -2.38. The molecule has 2 N–H and O–H groups in total. The third-order valence-electron chi connectivity index (χ3n) is 6.14. The zero-order chi connectivity index (χ0) is 24.2. The van der Waals surface area contributed by atoms with E-state index in [9.17, 15) is 9.59 Å². The lowest BCUT2D eigenvalue weighted by molar-refractivity contribution is 0.0698. The second-order valence-electron chi connectivity index (χ2n) is 8.52. The molecular weight excluding hydrogens is 464 g/mol. The van der Waals surface area contributed by atoms with Gasteiger partial charge in [-0.3, -0.25) is 19.0 Å². The Morgan fingerprint density at radius 2 is 2.03 bits per heavy atom. The number of carbonyl (C=O) groups is 2. The van der Waals surface area contributed by atoms with E-state index in [1.165, 1.54) is 11.3 Å². The van der Waals surface area contributed by atoms with Crippen LogP contribution in [0.4, 0.5) is 0 Å². The summed E-state index contributed by atoms with van der Waals surface area (Å²) in [6.07, 6.45) is 9.21. The maximum Gasteiger partial charge on any atom is 0.261 e. The van der Waals surface area contributed by atoms with Crippen LogP contribution in [0.3, 0.4) is 0 Å². The number of nitrogens with one attached hydrogen (secondary N) is 2. The van der Waals surface area contributed by atoms with Gasteiger partial charge in [0.25, 0.3) is 11.8 Å². The number of rotatable bonds is 7. The first kappa shape index (κ1) is 23.1. The van der Waals surface area contributed by atoms with E-state index < -0.39 is 0 Å². The third-order valence-corrected chi connectivity index (χ3v) is 7.07.